The number of hydrogen-bond acceptors (Lipinski definition) is 4. The summed E-state index contributed by atoms with van der Waals surface area (Å²) in [7, 11) is 0. The van der Waals surface area contributed by atoms with Crippen molar-refractivity contribution >= 4 is 17.5 Å². The molecular formula is C16H18N2O4. The molecule has 0 saturated carbocycles. The van der Waals surface area contributed by atoms with Gasteiger partial charge >= 0.3 is 0 Å². The van der Waals surface area contributed by atoms with Crippen LogP contribution in [0.15, 0.2) is 36.4 Å². The van der Waals surface area contributed by atoms with Gasteiger partial charge in [0.15, 0.2) is 0 Å². The van der Waals surface area contributed by atoms with Crippen LogP contribution in [0, 0.1) is 15.5 Å². The van der Waals surface area contributed by atoms with Gasteiger partial charge in [-0.2, -0.15) is 0 Å². The lowest BCUT2D eigenvalue weighted by Gasteiger charge is -2.33. The Labute approximate surface area is 128 Å². The predicted octanol–water partition coefficient (Wildman–Crippen LogP) is 2.65. The van der Waals surface area contributed by atoms with Gasteiger partial charge in [-0.25, -0.2) is 0 Å². The molecule has 2 amide bonds. The van der Waals surface area contributed by atoms with Crippen LogP contribution in [-0.2, 0) is 9.59 Å². The number of hydrogen-bond donors (Lipinski definition) is 0. The van der Waals surface area contributed by atoms with Crippen molar-refractivity contribution in [3.63, 3.8) is 0 Å². The molecule has 0 spiro atoms. The van der Waals surface area contributed by atoms with Gasteiger partial charge in [-0.1, -0.05) is 32.9 Å². The Hall–Kier alpha value is -2.50. The number of imide groups is 1. The number of nitro benzene ring substituents is 1. The van der Waals surface area contributed by atoms with Crippen LogP contribution < -0.4 is 0 Å². The molecule has 0 N–H and O–H groups in total. The molecule has 2 rings (SSSR count). The van der Waals surface area contributed by atoms with Gasteiger partial charge in [0.05, 0.1) is 4.92 Å². The van der Waals surface area contributed by atoms with Gasteiger partial charge in [0, 0.05) is 36.7 Å². The first-order chi connectivity index (χ1) is 10.2. The summed E-state index contributed by atoms with van der Waals surface area (Å²) in [6.07, 6.45) is 2.52. The van der Waals surface area contributed by atoms with Gasteiger partial charge in [-0.15, -0.1) is 0 Å². The largest absolute Gasteiger partial charge is 0.275 e. The van der Waals surface area contributed by atoms with Gasteiger partial charge in [0.25, 0.3) is 17.5 Å². The van der Waals surface area contributed by atoms with E-state index in [4.69, 9.17) is 0 Å². The van der Waals surface area contributed by atoms with E-state index >= 15 is 0 Å². The maximum atomic E-state index is 11.8. The number of carbonyl (C=O) groups excluding carboxylic acids is 2. The molecule has 0 radical (unpaired) electrons. The maximum absolute atomic E-state index is 11.8. The number of nitro groups is 1. The van der Waals surface area contributed by atoms with Crippen LogP contribution in [0.1, 0.15) is 32.3 Å². The lowest BCUT2D eigenvalue weighted by molar-refractivity contribution is -0.384. The molecule has 0 aliphatic carbocycles. The molecule has 6 heteroatoms. The molecule has 1 aromatic carbocycles. The fourth-order valence-electron chi connectivity index (χ4n) is 2.50. The minimum absolute atomic E-state index is 0.0198. The van der Waals surface area contributed by atoms with Crippen LogP contribution in [0.5, 0.6) is 0 Å². The van der Waals surface area contributed by atoms with Crippen molar-refractivity contribution in [2.24, 2.45) is 5.41 Å². The zero-order valence-corrected chi connectivity index (χ0v) is 12.8. The summed E-state index contributed by atoms with van der Waals surface area (Å²) in [5, 5.41) is 10.7. The number of benzene rings is 1. The minimum atomic E-state index is -0.451. The monoisotopic (exact) mass is 302 g/mol. The maximum Gasteiger partial charge on any atom is 0.269 e. The lowest BCUT2D eigenvalue weighted by Crippen LogP contribution is -2.37. The standard InChI is InChI=1S/C16H18N2O4/c1-16(2,3)13(10-17-14(19)8-9-15(17)20)11-4-6-12(7-5-11)18(21)22/h4-9,13H,10H2,1-3H3. The summed E-state index contributed by atoms with van der Waals surface area (Å²) in [6.45, 7) is 6.29. The number of rotatable bonds is 4. The first kappa shape index (κ1) is 15.9. The molecule has 116 valence electrons. The second-order valence-electron chi connectivity index (χ2n) is 6.39. The number of nitrogens with zero attached hydrogens (tertiary/aromatic N) is 2. The van der Waals surface area contributed by atoms with E-state index in [9.17, 15) is 19.7 Å². The van der Waals surface area contributed by atoms with Crippen molar-refractivity contribution in [3.8, 4) is 0 Å². The Morgan fingerprint density at radius 1 is 1.09 bits per heavy atom. The van der Waals surface area contributed by atoms with E-state index in [1.807, 2.05) is 20.8 Å². The zero-order valence-electron chi connectivity index (χ0n) is 12.8. The first-order valence-electron chi connectivity index (χ1n) is 6.98. The van der Waals surface area contributed by atoms with Crippen molar-refractivity contribution in [1.82, 2.24) is 4.90 Å². The summed E-state index contributed by atoms with van der Waals surface area (Å²) in [4.78, 5) is 35.0. The number of non-ortho nitro benzene ring substituents is 1. The zero-order chi connectivity index (χ0) is 16.5. The third kappa shape index (κ3) is 3.21. The van der Waals surface area contributed by atoms with Crippen LogP contribution in [0.2, 0.25) is 0 Å². The third-order valence-corrected chi connectivity index (χ3v) is 3.82. The molecule has 1 unspecified atom stereocenters. The van der Waals surface area contributed by atoms with Crippen LogP contribution in [0.3, 0.4) is 0 Å². The molecule has 1 heterocycles. The van der Waals surface area contributed by atoms with Crippen molar-refractivity contribution in [1.29, 1.82) is 0 Å². The van der Waals surface area contributed by atoms with E-state index in [-0.39, 0.29) is 35.4 Å². The second kappa shape index (κ2) is 5.71. The fourth-order valence-corrected chi connectivity index (χ4v) is 2.50. The quantitative estimate of drug-likeness (QED) is 0.486. The fraction of sp³-hybridized carbons (Fsp3) is 0.375. The minimum Gasteiger partial charge on any atom is -0.275 e. The van der Waals surface area contributed by atoms with Crippen molar-refractivity contribution < 1.29 is 14.5 Å². The van der Waals surface area contributed by atoms with E-state index in [0.717, 1.165) is 5.56 Å². The highest BCUT2D eigenvalue weighted by Gasteiger charge is 2.33. The first-order valence-corrected chi connectivity index (χ1v) is 6.98. The molecule has 1 atom stereocenters. The highest BCUT2D eigenvalue weighted by molar-refractivity contribution is 6.12. The van der Waals surface area contributed by atoms with Gasteiger partial charge in [-0.3, -0.25) is 24.6 Å². The van der Waals surface area contributed by atoms with Crippen LogP contribution in [0.4, 0.5) is 5.69 Å². The number of carbonyl (C=O) groups is 2. The van der Waals surface area contributed by atoms with Gasteiger partial charge < -0.3 is 0 Å². The topological polar surface area (TPSA) is 80.5 Å². The molecule has 0 saturated heterocycles. The molecule has 0 bridgehead atoms. The molecule has 6 nitrogen and oxygen atoms in total. The van der Waals surface area contributed by atoms with E-state index in [0.29, 0.717) is 0 Å². The molecular weight excluding hydrogens is 284 g/mol. The van der Waals surface area contributed by atoms with Crippen LogP contribution in [-0.4, -0.2) is 28.2 Å². The molecule has 1 aromatic rings. The second-order valence-corrected chi connectivity index (χ2v) is 6.39. The molecule has 22 heavy (non-hydrogen) atoms. The van der Waals surface area contributed by atoms with E-state index < -0.39 is 4.92 Å². The Balaban J connectivity index is 2.29. The van der Waals surface area contributed by atoms with Gasteiger partial charge in [0.1, 0.15) is 0 Å². The number of amides is 2. The average Bonchev–Trinajstić information content (AvgIpc) is 2.74. The van der Waals surface area contributed by atoms with Crippen molar-refractivity contribution in [2.75, 3.05) is 6.54 Å². The van der Waals surface area contributed by atoms with Gasteiger partial charge in [0.2, 0.25) is 0 Å². The van der Waals surface area contributed by atoms with Crippen LogP contribution >= 0.6 is 0 Å². The molecule has 0 fully saturated rings. The lowest BCUT2D eigenvalue weighted by atomic mass is 9.76. The van der Waals surface area contributed by atoms with E-state index in [2.05, 4.69) is 0 Å². The third-order valence-electron chi connectivity index (χ3n) is 3.82. The molecule has 1 aliphatic rings. The smallest absolute Gasteiger partial charge is 0.269 e. The summed E-state index contributed by atoms with van der Waals surface area (Å²) in [5.74, 6) is -0.747. The summed E-state index contributed by atoms with van der Waals surface area (Å²) < 4.78 is 0. The van der Waals surface area contributed by atoms with Crippen molar-refractivity contribution in [3.05, 3.63) is 52.1 Å². The molecule has 0 aromatic heterocycles. The van der Waals surface area contributed by atoms with E-state index in [1.165, 1.54) is 29.2 Å². The average molecular weight is 302 g/mol. The SMILES string of the molecule is CC(C)(C)C(CN1C(=O)C=CC1=O)c1ccc([N+](=O)[O-])cc1. The Bertz CT molecular complexity index is 623. The highest BCUT2D eigenvalue weighted by Crippen LogP contribution is 2.36. The van der Waals surface area contributed by atoms with Gasteiger partial charge in [-0.05, 0) is 11.0 Å². The molecule has 1 aliphatic heterocycles. The highest BCUT2D eigenvalue weighted by atomic mass is 16.6. The van der Waals surface area contributed by atoms with Crippen molar-refractivity contribution in [2.45, 2.75) is 26.7 Å². The van der Waals surface area contributed by atoms with E-state index in [1.54, 1.807) is 12.1 Å². The normalized spacial score (nSPS) is 16.2. The Morgan fingerprint density at radius 3 is 2.00 bits per heavy atom. The predicted molar refractivity (Wildman–Crippen MR) is 81.2 cm³/mol. The van der Waals surface area contributed by atoms with Crippen LogP contribution in [0.25, 0.3) is 0 Å². The summed E-state index contributed by atoms with van der Waals surface area (Å²) in [5.41, 5.74) is 0.677. The Morgan fingerprint density at radius 2 is 1.59 bits per heavy atom. The summed E-state index contributed by atoms with van der Waals surface area (Å²) >= 11 is 0. The summed E-state index contributed by atoms with van der Waals surface area (Å²) in [6, 6.07) is 6.26. The Kier molecular flexibility index (Phi) is 4.12.